The summed E-state index contributed by atoms with van der Waals surface area (Å²) >= 11 is 1.38. The molecule has 0 radical (unpaired) electrons. The van der Waals surface area contributed by atoms with Crippen LogP contribution in [-0.2, 0) is 23.9 Å². The third-order valence-corrected chi connectivity index (χ3v) is 6.34. The van der Waals surface area contributed by atoms with Crippen molar-refractivity contribution >= 4 is 34.8 Å². The van der Waals surface area contributed by atoms with Crippen molar-refractivity contribution in [2.24, 2.45) is 4.99 Å². The molecule has 0 N–H and O–H groups in total. The molecule has 1 fully saturated rings. The molecule has 0 bridgehead atoms. The van der Waals surface area contributed by atoms with Crippen molar-refractivity contribution in [2.75, 3.05) is 27.4 Å². The Morgan fingerprint density at radius 2 is 1.94 bits per heavy atom. The van der Waals surface area contributed by atoms with Crippen LogP contribution in [0.1, 0.15) is 38.8 Å². The molecule has 0 aromatic heterocycles. The Morgan fingerprint density at radius 1 is 1.19 bits per heavy atom. The van der Waals surface area contributed by atoms with Gasteiger partial charge in [0.15, 0.2) is 16.7 Å². The van der Waals surface area contributed by atoms with Crippen LogP contribution >= 0.6 is 11.8 Å². The molecule has 32 heavy (non-hydrogen) atoms. The first-order valence-electron chi connectivity index (χ1n) is 10.1. The fraction of sp³-hybridized carbons (Fsp3) is 0.455. The summed E-state index contributed by atoms with van der Waals surface area (Å²) in [5.41, 5.74) is 1.34. The van der Waals surface area contributed by atoms with E-state index in [0.29, 0.717) is 28.6 Å². The molecule has 3 rings (SSSR count). The predicted molar refractivity (Wildman–Crippen MR) is 119 cm³/mol. The second kappa shape index (κ2) is 10.2. The van der Waals surface area contributed by atoms with Crippen molar-refractivity contribution < 1.29 is 33.3 Å². The van der Waals surface area contributed by atoms with Crippen molar-refractivity contribution in [2.45, 2.75) is 38.5 Å². The van der Waals surface area contributed by atoms with Gasteiger partial charge in [0.05, 0.1) is 36.3 Å². The number of carbonyl (C=O) groups excluding carboxylic acids is 3. The SMILES string of the molecule is CC[C@@H]1SC2=NC(C)=C(C(=O)OCCOC)[C@@H](c3ccc(OC(C)=O)c(OC)c3)N2C1=O. The number of allylic oxidation sites excluding steroid dienone is 1. The van der Waals surface area contributed by atoms with Crippen LogP contribution in [0.2, 0.25) is 0 Å². The zero-order valence-electron chi connectivity index (χ0n) is 18.7. The molecule has 0 unspecified atom stereocenters. The van der Waals surface area contributed by atoms with Crippen molar-refractivity contribution in [3.8, 4) is 11.5 Å². The van der Waals surface area contributed by atoms with Crippen LogP contribution in [0.4, 0.5) is 0 Å². The van der Waals surface area contributed by atoms with Gasteiger partial charge in [-0.3, -0.25) is 14.5 Å². The Balaban J connectivity index is 2.09. The van der Waals surface area contributed by atoms with E-state index in [1.165, 1.54) is 32.9 Å². The van der Waals surface area contributed by atoms with Gasteiger partial charge >= 0.3 is 11.9 Å². The highest BCUT2D eigenvalue weighted by Crippen LogP contribution is 2.45. The number of rotatable bonds is 8. The Hall–Kier alpha value is -2.85. The normalized spacial score (nSPS) is 20.1. The van der Waals surface area contributed by atoms with Gasteiger partial charge in [0.25, 0.3) is 0 Å². The summed E-state index contributed by atoms with van der Waals surface area (Å²) < 4.78 is 20.9. The van der Waals surface area contributed by atoms with Gasteiger partial charge in [-0.1, -0.05) is 24.8 Å². The number of amides is 1. The minimum absolute atomic E-state index is 0.0738. The first-order chi connectivity index (χ1) is 15.3. The lowest BCUT2D eigenvalue weighted by Crippen LogP contribution is -2.41. The molecule has 2 aliphatic rings. The molecule has 0 spiro atoms. The highest BCUT2D eigenvalue weighted by Gasteiger charge is 2.47. The van der Waals surface area contributed by atoms with Crippen molar-refractivity contribution in [1.82, 2.24) is 4.90 Å². The van der Waals surface area contributed by atoms with Gasteiger partial charge in [0, 0.05) is 14.0 Å². The fourth-order valence-electron chi connectivity index (χ4n) is 3.55. The van der Waals surface area contributed by atoms with E-state index in [1.807, 2.05) is 6.92 Å². The minimum Gasteiger partial charge on any atom is -0.493 e. The van der Waals surface area contributed by atoms with Crippen molar-refractivity contribution in [3.63, 3.8) is 0 Å². The monoisotopic (exact) mass is 462 g/mol. The number of hydrogen-bond donors (Lipinski definition) is 0. The largest absolute Gasteiger partial charge is 0.493 e. The minimum atomic E-state index is -0.755. The van der Waals surface area contributed by atoms with Crippen LogP contribution < -0.4 is 9.47 Å². The molecular weight excluding hydrogens is 436 g/mol. The van der Waals surface area contributed by atoms with E-state index in [4.69, 9.17) is 18.9 Å². The number of aliphatic imine (C=N–C) groups is 1. The van der Waals surface area contributed by atoms with E-state index in [-0.39, 0.29) is 35.7 Å². The first kappa shape index (κ1) is 23.8. The van der Waals surface area contributed by atoms with Crippen molar-refractivity contribution in [3.05, 3.63) is 35.0 Å². The van der Waals surface area contributed by atoms with Gasteiger partial charge in [-0.25, -0.2) is 9.79 Å². The van der Waals surface area contributed by atoms with Gasteiger partial charge in [-0.15, -0.1) is 0 Å². The summed E-state index contributed by atoms with van der Waals surface area (Å²) in [4.78, 5) is 43.7. The van der Waals surface area contributed by atoms with Crippen LogP contribution in [0, 0.1) is 0 Å². The zero-order valence-corrected chi connectivity index (χ0v) is 19.5. The van der Waals surface area contributed by atoms with Crippen LogP contribution in [0.25, 0.3) is 0 Å². The lowest BCUT2D eigenvalue weighted by Gasteiger charge is -2.33. The number of methoxy groups -OCH3 is 2. The van der Waals surface area contributed by atoms with Crippen molar-refractivity contribution in [1.29, 1.82) is 0 Å². The topological polar surface area (TPSA) is 104 Å². The molecule has 2 heterocycles. The Morgan fingerprint density at radius 3 is 2.56 bits per heavy atom. The number of nitrogens with zero attached hydrogens (tertiary/aromatic N) is 2. The maximum absolute atomic E-state index is 13.2. The van der Waals surface area contributed by atoms with E-state index >= 15 is 0 Å². The number of esters is 2. The van der Waals surface area contributed by atoms with Crippen LogP contribution in [0.5, 0.6) is 11.5 Å². The van der Waals surface area contributed by atoms with E-state index in [2.05, 4.69) is 4.99 Å². The standard InChI is InChI=1S/C22H26N2O7S/c1-6-17-20(26)24-19(14-7-8-15(31-13(3)25)16(11-14)29-5)18(12(2)23-22(24)32-17)21(27)30-10-9-28-4/h7-8,11,17,19H,6,9-10H2,1-5H3/t17-,19+/m0/s1. The molecule has 10 heteroatoms. The summed E-state index contributed by atoms with van der Waals surface area (Å²) in [7, 11) is 2.96. The molecule has 0 saturated carbocycles. The van der Waals surface area contributed by atoms with Gasteiger partial charge in [-0.05, 0) is 31.0 Å². The Labute approximate surface area is 190 Å². The maximum Gasteiger partial charge on any atom is 0.338 e. The maximum atomic E-state index is 13.2. The highest BCUT2D eigenvalue weighted by molar-refractivity contribution is 8.15. The lowest BCUT2D eigenvalue weighted by atomic mass is 9.94. The second-order valence-corrected chi connectivity index (χ2v) is 8.32. The number of ether oxygens (including phenoxy) is 4. The summed E-state index contributed by atoms with van der Waals surface area (Å²) in [5, 5.41) is 0.260. The number of amidine groups is 1. The number of benzene rings is 1. The summed E-state index contributed by atoms with van der Waals surface area (Å²) in [6.07, 6.45) is 0.632. The van der Waals surface area contributed by atoms with Gasteiger partial charge in [0.1, 0.15) is 6.61 Å². The lowest BCUT2D eigenvalue weighted by molar-refractivity contribution is -0.141. The fourth-order valence-corrected chi connectivity index (χ4v) is 4.69. The number of hydrogen-bond acceptors (Lipinski definition) is 9. The smallest absolute Gasteiger partial charge is 0.338 e. The van der Waals surface area contributed by atoms with E-state index in [0.717, 1.165) is 0 Å². The average Bonchev–Trinajstić information content (AvgIpc) is 3.07. The van der Waals surface area contributed by atoms with Gasteiger partial charge < -0.3 is 18.9 Å². The molecule has 1 amide bonds. The molecule has 9 nitrogen and oxygen atoms in total. The number of thioether (sulfide) groups is 1. The highest BCUT2D eigenvalue weighted by atomic mass is 32.2. The van der Waals surface area contributed by atoms with E-state index in [9.17, 15) is 14.4 Å². The average molecular weight is 463 g/mol. The first-order valence-corrected chi connectivity index (χ1v) is 11.0. The molecular formula is C22H26N2O7S. The second-order valence-electron chi connectivity index (χ2n) is 7.15. The quantitative estimate of drug-likeness (QED) is 0.330. The Bertz CT molecular complexity index is 988. The summed E-state index contributed by atoms with van der Waals surface area (Å²) in [6, 6.07) is 4.17. The summed E-state index contributed by atoms with van der Waals surface area (Å²) in [5.74, 6) is -0.643. The molecule has 2 aliphatic heterocycles. The van der Waals surface area contributed by atoms with Crippen LogP contribution in [0.15, 0.2) is 34.5 Å². The predicted octanol–water partition coefficient (Wildman–Crippen LogP) is 2.85. The Kier molecular flexibility index (Phi) is 7.57. The third kappa shape index (κ3) is 4.66. The molecule has 0 aliphatic carbocycles. The van der Waals surface area contributed by atoms with Crippen LogP contribution in [0.3, 0.4) is 0 Å². The molecule has 1 aromatic rings. The molecule has 1 aromatic carbocycles. The van der Waals surface area contributed by atoms with E-state index in [1.54, 1.807) is 30.0 Å². The molecule has 172 valence electrons. The van der Waals surface area contributed by atoms with Gasteiger partial charge in [-0.2, -0.15) is 0 Å². The zero-order chi connectivity index (χ0) is 23.4. The van der Waals surface area contributed by atoms with Crippen LogP contribution in [-0.4, -0.2) is 60.6 Å². The van der Waals surface area contributed by atoms with E-state index < -0.39 is 18.0 Å². The molecule has 1 saturated heterocycles. The number of carbonyl (C=O) groups is 3. The number of fused-ring (bicyclic) bond motifs is 1. The molecule has 2 atom stereocenters. The summed E-state index contributed by atoms with van der Waals surface area (Å²) in [6.45, 7) is 5.27. The third-order valence-electron chi connectivity index (χ3n) is 5.02. The van der Waals surface area contributed by atoms with Gasteiger partial charge in [0.2, 0.25) is 5.91 Å².